The summed E-state index contributed by atoms with van der Waals surface area (Å²) in [6, 6.07) is 0.351. The van der Waals surface area contributed by atoms with Gasteiger partial charge in [-0.15, -0.1) is 0 Å². The number of carbonyl (C=O) groups excluding carboxylic acids is 1. The van der Waals surface area contributed by atoms with Crippen LogP contribution < -0.4 is 10.6 Å². The molecule has 2 amide bonds. The number of thioether (sulfide) groups is 1. The highest BCUT2D eigenvalue weighted by Crippen LogP contribution is 2.27. The van der Waals surface area contributed by atoms with E-state index in [1.165, 1.54) is 18.6 Å². The molecule has 0 spiro atoms. The molecule has 2 aliphatic rings. The lowest BCUT2D eigenvalue weighted by molar-refractivity contribution is -0.142. The predicted molar refractivity (Wildman–Crippen MR) is 89.2 cm³/mol. The Morgan fingerprint density at radius 3 is 1.91 bits per heavy atom. The van der Waals surface area contributed by atoms with Crippen molar-refractivity contribution in [1.29, 1.82) is 0 Å². The van der Waals surface area contributed by atoms with Crippen LogP contribution in [0.5, 0.6) is 0 Å². The zero-order chi connectivity index (χ0) is 15.9. The quantitative estimate of drug-likeness (QED) is 0.725. The number of nitrogens with one attached hydrogen (secondary N) is 2. The number of hydrogen-bond acceptors (Lipinski definition) is 3. The SMILES string of the molecule is CSCC1CCC(NC(=O)NC2CCC(C(=O)O)CC2)CC1. The molecule has 0 heterocycles. The van der Waals surface area contributed by atoms with E-state index in [1.54, 1.807) is 0 Å². The molecule has 0 aromatic heterocycles. The van der Waals surface area contributed by atoms with Crippen LogP contribution in [0.1, 0.15) is 51.4 Å². The van der Waals surface area contributed by atoms with Gasteiger partial charge < -0.3 is 15.7 Å². The highest BCUT2D eigenvalue weighted by atomic mass is 32.2. The van der Waals surface area contributed by atoms with E-state index in [1.807, 2.05) is 11.8 Å². The average Bonchev–Trinajstić information content (AvgIpc) is 2.50. The van der Waals surface area contributed by atoms with Crippen molar-refractivity contribution in [2.75, 3.05) is 12.0 Å². The summed E-state index contributed by atoms with van der Waals surface area (Å²) in [5, 5.41) is 15.1. The van der Waals surface area contributed by atoms with Gasteiger partial charge in [-0.3, -0.25) is 4.79 Å². The number of amides is 2. The summed E-state index contributed by atoms with van der Waals surface area (Å²) in [7, 11) is 0. The molecule has 0 unspecified atom stereocenters. The smallest absolute Gasteiger partial charge is 0.315 e. The molecule has 126 valence electrons. The summed E-state index contributed by atoms with van der Waals surface area (Å²) in [4.78, 5) is 23.0. The van der Waals surface area contributed by atoms with Crippen molar-refractivity contribution in [3.8, 4) is 0 Å². The van der Waals surface area contributed by atoms with Crippen LogP contribution in [0.2, 0.25) is 0 Å². The lowest BCUT2D eigenvalue weighted by atomic mass is 9.86. The molecule has 3 N–H and O–H groups in total. The molecule has 0 aromatic rings. The first-order valence-electron chi connectivity index (χ1n) is 8.37. The number of hydrogen-bond donors (Lipinski definition) is 3. The van der Waals surface area contributed by atoms with Crippen molar-refractivity contribution in [3.05, 3.63) is 0 Å². The number of aliphatic carboxylic acids is 1. The second kappa shape index (κ2) is 8.65. The summed E-state index contributed by atoms with van der Waals surface area (Å²) in [6.45, 7) is 0. The van der Waals surface area contributed by atoms with Gasteiger partial charge in [0.05, 0.1) is 5.92 Å². The standard InChI is InChI=1S/C16H28N2O3S/c1-22-10-11-2-6-13(7-3-11)17-16(21)18-14-8-4-12(5-9-14)15(19)20/h11-14H,2-10H2,1H3,(H,19,20)(H2,17,18,21). The molecule has 0 bridgehead atoms. The van der Waals surface area contributed by atoms with Gasteiger partial charge in [0.2, 0.25) is 0 Å². The second-order valence-electron chi connectivity index (χ2n) is 6.68. The molecule has 22 heavy (non-hydrogen) atoms. The number of carboxylic acid groups (broad SMARTS) is 1. The summed E-state index contributed by atoms with van der Waals surface area (Å²) >= 11 is 1.91. The predicted octanol–water partition coefficient (Wildman–Crippen LogP) is 2.85. The summed E-state index contributed by atoms with van der Waals surface area (Å²) in [5.74, 6) is 1.10. The monoisotopic (exact) mass is 328 g/mol. The molecule has 2 rings (SSSR count). The van der Waals surface area contributed by atoms with E-state index in [9.17, 15) is 9.59 Å². The molecule has 2 saturated carbocycles. The minimum absolute atomic E-state index is 0.0768. The van der Waals surface area contributed by atoms with Crippen LogP contribution in [0.15, 0.2) is 0 Å². The fourth-order valence-electron chi connectivity index (χ4n) is 3.61. The van der Waals surface area contributed by atoms with E-state index in [0.29, 0.717) is 18.9 Å². The van der Waals surface area contributed by atoms with E-state index >= 15 is 0 Å². The van der Waals surface area contributed by atoms with E-state index in [-0.39, 0.29) is 18.0 Å². The highest BCUT2D eigenvalue weighted by Gasteiger charge is 2.27. The minimum atomic E-state index is -0.704. The Kier molecular flexibility index (Phi) is 6.86. The third-order valence-corrected chi connectivity index (χ3v) is 5.80. The Hall–Kier alpha value is -0.910. The van der Waals surface area contributed by atoms with Crippen LogP contribution in [0.25, 0.3) is 0 Å². The van der Waals surface area contributed by atoms with E-state index < -0.39 is 5.97 Å². The van der Waals surface area contributed by atoms with Crippen LogP contribution in [0.4, 0.5) is 4.79 Å². The summed E-state index contributed by atoms with van der Waals surface area (Å²) in [5.41, 5.74) is 0. The Bertz CT molecular complexity index is 376. The average molecular weight is 328 g/mol. The van der Waals surface area contributed by atoms with Gasteiger partial charge in [-0.1, -0.05) is 0 Å². The Morgan fingerprint density at radius 1 is 0.955 bits per heavy atom. The zero-order valence-electron chi connectivity index (χ0n) is 13.3. The molecule has 6 heteroatoms. The third-order valence-electron chi connectivity index (χ3n) is 5.00. The van der Waals surface area contributed by atoms with Gasteiger partial charge in [0.15, 0.2) is 0 Å². The van der Waals surface area contributed by atoms with Gasteiger partial charge >= 0.3 is 12.0 Å². The van der Waals surface area contributed by atoms with E-state index in [0.717, 1.165) is 31.6 Å². The number of urea groups is 1. The first-order chi connectivity index (χ1) is 10.6. The van der Waals surface area contributed by atoms with Crippen molar-refractivity contribution in [3.63, 3.8) is 0 Å². The van der Waals surface area contributed by atoms with Gasteiger partial charge in [-0.05, 0) is 69.3 Å². The molecule has 5 nitrogen and oxygen atoms in total. The molecule has 0 atom stereocenters. The van der Waals surface area contributed by atoms with Crippen molar-refractivity contribution >= 4 is 23.8 Å². The molecule has 2 aliphatic carbocycles. The topological polar surface area (TPSA) is 78.4 Å². The van der Waals surface area contributed by atoms with E-state index in [2.05, 4.69) is 16.9 Å². The van der Waals surface area contributed by atoms with Crippen molar-refractivity contribution in [2.24, 2.45) is 11.8 Å². The summed E-state index contributed by atoms with van der Waals surface area (Å²) in [6.07, 6.45) is 9.58. The normalized spacial score (nSPS) is 32.2. The van der Waals surface area contributed by atoms with Crippen molar-refractivity contribution in [2.45, 2.75) is 63.5 Å². The second-order valence-corrected chi connectivity index (χ2v) is 7.59. The van der Waals surface area contributed by atoms with Crippen molar-refractivity contribution < 1.29 is 14.7 Å². The van der Waals surface area contributed by atoms with Crippen LogP contribution in [-0.4, -0.2) is 41.2 Å². The van der Waals surface area contributed by atoms with Crippen LogP contribution >= 0.6 is 11.8 Å². The van der Waals surface area contributed by atoms with Gasteiger partial charge in [0, 0.05) is 12.1 Å². The maximum atomic E-state index is 12.1. The fraction of sp³-hybridized carbons (Fsp3) is 0.875. The summed E-state index contributed by atoms with van der Waals surface area (Å²) < 4.78 is 0. The van der Waals surface area contributed by atoms with Gasteiger partial charge in [-0.25, -0.2) is 4.79 Å². The largest absolute Gasteiger partial charge is 0.481 e. The van der Waals surface area contributed by atoms with Gasteiger partial charge in [-0.2, -0.15) is 11.8 Å². The molecular formula is C16H28N2O3S. The molecular weight excluding hydrogens is 300 g/mol. The van der Waals surface area contributed by atoms with Crippen LogP contribution in [-0.2, 0) is 4.79 Å². The van der Waals surface area contributed by atoms with Crippen LogP contribution in [0.3, 0.4) is 0 Å². The first kappa shape index (κ1) is 17.4. The Balaban J connectivity index is 1.63. The zero-order valence-corrected chi connectivity index (χ0v) is 14.2. The van der Waals surface area contributed by atoms with Crippen LogP contribution in [0, 0.1) is 11.8 Å². The first-order valence-corrected chi connectivity index (χ1v) is 9.76. The third kappa shape index (κ3) is 5.38. The Labute approximate surface area is 137 Å². The van der Waals surface area contributed by atoms with Crippen molar-refractivity contribution in [1.82, 2.24) is 10.6 Å². The highest BCUT2D eigenvalue weighted by molar-refractivity contribution is 7.98. The fourth-order valence-corrected chi connectivity index (χ4v) is 4.41. The maximum absolute atomic E-state index is 12.1. The molecule has 0 aliphatic heterocycles. The molecule has 0 aromatic carbocycles. The molecule has 0 saturated heterocycles. The van der Waals surface area contributed by atoms with Gasteiger partial charge in [0.25, 0.3) is 0 Å². The Morgan fingerprint density at radius 2 is 1.45 bits per heavy atom. The number of rotatable bonds is 5. The molecule has 2 fully saturated rings. The van der Waals surface area contributed by atoms with Gasteiger partial charge in [0.1, 0.15) is 0 Å². The van der Waals surface area contributed by atoms with E-state index in [4.69, 9.17) is 5.11 Å². The minimum Gasteiger partial charge on any atom is -0.481 e. The molecule has 0 radical (unpaired) electrons. The maximum Gasteiger partial charge on any atom is 0.315 e. The lowest BCUT2D eigenvalue weighted by Crippen LogP contribution is -2.48. The number of carboxylic acids is 1. The lowest BCUT2D eigenvalue weighted by Gasteiger charge is -2.31. The number of carbonyl (C=O) groups is 2.